The summed E-state index contributed by atoms with van der Waals surface area (Å²) < 4.78 is 29.7. The quantitative estimate of drug-likeness (QED) is 0.672. The molecule has 0 spiro atoms. The van der Waals surface area contributed by atoms with Crippen molar-refractivity contribution in [3.8, 4) is 5.75 Å². The second-order valence-corrected chi connectivity index (χ2v) is 12.6. The minimum Gasteiger partial charge on any atom is -0.497 e. The van der Waals surface area contributed by atoms with Crippen LogP contribution in [-0.2, 0) is 14.6 Å². The Hall–Kier alpha value is -2.06. The van der Waals surface area contributed by atoms with E-state index in [-0.39, 0.29) is 29.5 Å². The third kappa shape index (κ3) is 4.98. The van der Waals surface area contributed by atoms with Crippen molar-refractivity contribution in [2.75, 3.05) is 38.2 Å². The summed E-state index contributed by atoms with van der Waals surface area (Å²) in [5, 5.41) is 1.22. The van der Waals surface area contributed by atoms with Gasteiger partial charge in [-0.15, -0.1) is 0 Å². The molecule has 0 bridgehead atoms. The van der Waals surface area contributed by atoms with E-state index in [2.05, 4.69) is 28.2 Å². The number of nitrogens with zero attached hydrogens (tertiary/aromatic N) is 2. The number of rotatable bonds is 6. The minimum atomic E-state index is -3.02. The summed E-state index contributed by atoms with van der Waals surface area (Å²) in [5.41, 5.74) is 2.46. The Balaban J connectivity index is 1.23. The fraction of sp³-hybridized carbons (Fsp3) is 0.654. The van der Waals surface area contributed by atoms with Crippen LogP contribution < -0.4 is 4.74 Å². The molecule has 3 fully saturated rings. The molecule has 1 aromatic heterocycles. The fourth-order valence-electron chi connectivity index (χ4n) is 6.32. The minimum absolute atomic E-state index is 0.129. The number of hydrogen-bond donors (Lipinski definition) is 1. The molecule has 1 N–H and O–H groups in total. The van der Waals surface area contributed by atoms with Crippen LogP contribution in [0.4, 0.5) is 0 Å². The Morgan fingerprint density at radius 2 is 1.85 bits per heavy atom. The molecule has 1 unspecified atom stereocenters. The largest absolute Gasteiger partial charge is 0.497 e. The van der Waals surface area contributed by atoms with Crippen molar-refractivity contribution in [3.05, 3.63) is 30.0 Å². The number of amides is 1. The van der Waals surface area contributed by atoms with Gasteiger partial charge in [0, 0.05) is 29.2 Å². The summed E-state index contributed by atoms with van der Waals surface area (Å²) >= 11 is 0. The Morgan fingerprint density at radius 3 is 2.53 bits per heavy atom. The summed E-state index contributed by atoms with van der Waals surface area (Å²) in [4.78, 5) is 21.2. The molecule has 1 saturated carbocycles. The third-order valence-electron chi connectivity index (χ3n) is 8.17. The molecule has 3 heterocycles. The van der Waals surface area contributed by atoms with Crippen LogP contribution >= 0.6 is 0 Å². The van der Waals surface area contributed by atoms with Crippen molar-refractivity contribution >= 4 is 26.6 Å². The number of likely N-dealkylation sites (tertiary alicyclic amines) is 1. The van der Waals surface area contributed by atoms with E-state index in [1.54, 1.807) is 7.11 Å². The van der Waals surface area contributed by atoms with Crippen molar-refractivity contribution in [2.45, 2.75) is 69.4 Å². The zero-order valence-electron chi connectivity index (χ0n) is 20.2. The maximum atomic E-state index is 13.5. The first kappa shape index (κ1) is 23.7. The molecule has 1 amide bonds. The number of methoxy groups -OCH3 is 1. The predicted molar refractivity (Wildman–Crippen MR) is 134 cm³/mol. The molecule has 2 aromatic rings. The molecule has 5 rings (SSSR count). The molecule has 1 aliphatic carbocycles. The average Bonchev–Trinajstić information content (AvgIpc) is 3.42. The zero-order valence-corrected chi connectivity index (χ0v) is 21.0. The van der Waals surface area contributed by atoms with Crippen LogP contribution in [0.1, 0.15) is 62.8 Å². The predicted octanol–water partition coefficient (Wildman–Crippen LogP) is 3.70. The maximum Gasteiger partial charge on any atom is 0.237 e. The van der Waals surface area contributed by atoms with Gasteiger partial charge in [-0.05, 0) is 74.9 Å². The van der Waals surface area contributed by atoms with Gasteiger partial charge >= 0.3 is 0 Å². The molecule has 8 heteroatoms. The molecule has 3 aliphatic rings. The van der Waals surface area contributed by atoms with Crippen LogP contribution in [0.15, 0.2) is 24.4 Å². The van der Waals surface area contributed by atoms with Crippen molar-refractivity contribution in [1.29, 1.82) is 0 Å². The standard InChI is InChI=1S/C26H37N3O4S/c1-33-22-7-8-25-23(15-22)24(16-27-25)19-9-12-28(13-10-19)17-26(30)29(20-5-3-2-4-6-20)21-11-14-34(31,32)18-21/h7-8,15-16,19-21,27H,2-6,9-14,17-18H2,1H3. The molecule has 1 aromatic carbocycles. The van der Waals surface area contributed by atoms with Crippen LogP contribution in [0.2, 0.25) is 0 Å². The number of nitrogens with one attached hydrogen (secondary N) is 1. The molecular weight excluding hydrogens is 450 g/mol. The van der Waals surface area contributed by atoms with Crippen molar-refractivity contribution in [2.24, 2.45) is 0 Å². The molecule has 34 heavy (non-hydrogen) atoms. The zero-order chi connectivity index (χ0) is 23.7. The van der Waals surface area contributed by atoms with Gasteiger partial charge in [0.25, 0.3) is 0 Å². The molecule has 2 aliphatic heterocycles. The van der Waals surface area contributed by atoms with Gasteiger partial charge in [-0.2, -0.15) is 0 Å². The number of fused-ring (bicyclic) bond motifs is 1. The fourth-order valence-corrected chi connectivity index (χ4v) is 8.03. The lowest BCUT2D eigenvalue weighted by Gasteiger charge is -2.40. The molecular formula is C26H37N3O4S. The summed E-state index contributed by atoms with van der Waals surface area (Å²) in [5.74, 6) is 1.81. The lowest BCUT2D eigenvalue weighted by atomic mass is 9.89. The van der Waals surface area contributed by atoms with Crippen molar-refractivity contribution in [1.82, 2.24) is 14.8 Å². The lowest BCUT2D eigenvalue weighted by molar-refractivity contribution is -0.138. The number of H-pyrrole nitrogens is 1. The Bertz CT molecular complexity index is 1110. The lowest BCUT2D eigenvalue weighted by Crippen LogP contribution is -2.52. The van der Waals surface area contributed by atoms with Crippen LogP contribution in [0, 0.1) is 0 Å². The third-order valence-corrected chi connectivity index (χ3v) is 9.92. The number of ether oxygens (including phenoxy) is 1. The van der Waals surface area contributed by atoms with E-state index in [9.17, 15) is 13.2 Å². The number of hydrogen-bond acceptors (Lipinski definition) is 5. The summed E-state index contributed by atoms with van der Waals surface area (Å²) in [6.45, 7) is 2.17. The first-order valence-electron chi connectivity index (χ1n) is 12.8. The van der Waals surface area contributed by atoms with E-state index in [1.807, 2.05) is 11.0 Å². The number of aromatic nitrogens is 1. The molecule has 0 radical (unpaired) electrons. The van der Waals surface area contributed by atoms with Crippen molar-refractivity contribution in [3.63, 3.8) is 0 Å². The van der Waals surface area contributed by atoms with E-state index in [0.717, 1.165) is 62.9 Å². The Morgan fingerprint density at radius 1 is 1.09 bits per heavy atom. The smallest absolute Gasteiger partial charge is 0.237 e. The first-order chi connectivity index (χ1) is 16.4. The number of carbonyl (C=O) groups is 1. The average molecular weight is 488 g/mol. The Labute approximate surface area is 202 Å². The van der Waals surface area contributed by atoms with E-state index in [0.29, 0.717) is 18.9 Å². The monoisotopic (exact) mass is 487 g/mol. The van der Waals surface area contributed by atoms with Crippen molar-refractivity contribution < 1.29 is 17.9 Å². The van der Waals surface area contributed by atoms with E-state index >= 15 is 0 Å². The van der Waals surface area contributed by atoms with Crippen LogP contribution in [0.25, 0.3) is 10.9 Å². The van der Waals surface area contributed by atoms with Crippen LogP contribution in [0.3, 0.4) is 0 Å². The summed E-state index contributed by atoms with van der Waals surface area (Å²) in [6.07, 6.45) is 10.2. The molecule has 7 nitrogen and oxygen atoms in total. The number of carbonyl (C=O) groups excluding carboxylic acids is 1. The van der Waals surface area contributed by atoms with Crippen LogP contribution in [0.5, 0.6) is 5.75 Å². The van der Waals surface area contributed by atoms with E-state index < -0.39 is 9.84 Å². The normalized spacial score (nSPS) is 24.4. The van der Waals surface area contributed by atoms with Gasteiger partial charge < -0.3 is 14.6 Å². The number of sulfone groups is 1. The first-order valence-corrected chi connectivity index (χ1v) is 14.6. The van der Waals surface area contributed by atoms with Gasteiger partial charge in [-0.3, -0.25) is 9.69 Å². The maximum absolute atomic E-state index is 13.5. The molecule has 2 saturated heterocycles. The highest BCUT2D eigenvalue weighted by Crippen LogP contribution is 2.35. The highest BCUT2D eigenvalue weighted by atomic mass is 32.2. The van der Waals surface area contributed by atoms with Gasteiger partial charge in [-0.1, -0.05) is 19.3 Å². The number of piperidine rings is 1. The van der Waals surface area contributed by atoms with E-state index in [4.69, 9.17) is 4.74 Å². The second kappa shape index (κ2) is 9.90. The van der Waals surface area contributed by atoms with Gasteiger partial charge in [0.05, 0.1) is 25.2 Å². The van der Waals surface area contributed by atoms with Gasteiger partial charge in [-0.25, -0.2) is 8.42 Å². The SMILES string of the molecule is COc1ccc2[nH]cc(C3CCN(CC(=O)N(C4CCCCC4)C4CCS(=O)(=O)C4)CC3)c2c1. The Kier molecular flexibility index (Phi) is 6.89. The van der Waals surface area contributed by atoms with Gasteiger partial charge in [0.2, 0.25) is 5.91 Å². The van der Waals surface area contributed by atoms with E-state index in [1.165, 1.54) is 17.4 Å². The topological polar surface area (TPSA) is 82.7 Å². The highest BCUT2D eigenvalue weighted by Gasteiger charge is 2.39. The number of benzene rings is 1. The highest BCUT2D eigenvalue weighted by molar-refractivity contribution is 7.91. The molecule has 1 atom stereocenters. The summed E-state index contributed by atoms with van der Waals surface area (Å²) in [7, 11) is -1.33. The number of aromatic amines is 1. The molecule has 186 valence electrons. The van der Waals surface area contributed by atoms with Gasteiger partial charge in [0.15, 0.2) is 9.84 Å². The van der Waals surface area contributed by atoms with Gasteiger partial charge in [0.1, 0.15) is 5.75 Å². The second-order valence-electron chi connectivity index (χ2n) is 10.4. The van der Waals surface area contributed by atoms with Crippen LogP contribution in [-0.4, -0.2) is 79.4 Å². The summed E-state index contributed by atoms with van der Waals surface area (Å²) in [6, 6.07) is 6.21.